The molecule has 5 aromatic rings. The van der Waals surface area contributed by atoms with Crippen molar-refractivity contribution >= 4 is 39.1 Å². The molecule has 3 aromatic heterocycles. The highest BCUT2D eigenvalue weighted by Crippen LogP contribution is 2.43. The van der Waals surface area contributed by atoms with Gasteiger partial charge in [0.1, 0.15) is 6.04 Å². The van der Waals surface area contributed by atoms with Crippen molar-refractivity contribution in [3.63, 3.8) is 0 Å². The first-order valence-corrected chi connectivity index (χ1v) is 12.1. The fourth-order valence-electron chi connectivity index (χ4n) is 4.98. The number of rotatable bonds is 3. The number of fused-ring (bicyclic) bond motifs is 4. The third kappa shape index (κ3) is 3.04. The van der Waals surface area contributed by atoms with Crippen LogP contribution in [0.25, 0.3) is 16.6 Å². The minimum Gasteiger partial charge on any atom is -0.493 e. The summed E-state index contributed by atoms with van der Waals surface area (Å²) < 4.78 is 7.61. The number of benzene rings is 2. The van der Waals surface area contributed by atoms with E-state index in [1.807, 2.05) is 35.2 Å². The average molecular weight is 520 g/mol. The van der Waals surface area contributed by atoms with Crippen LogP contribution >= 0.6 is 28.1 Å². The van der Waals surface area contributed by atoms with Gasteiger partial charge < -0.3 is 19.2 Å². The van der Waals surface area contributed by atoms with E-state index in [1.165, 1.54) is 5.56 Å². The number of hydrogen-bond acceptors (Lipinski definition) is 3. The van der Waals surface area contributed by atoms with Gasteiger partial charge in [-0.15, -0.1) is 0 Å². The topological polar surface area (TPSA) is 63.7 Å². The number of imidazole rings is 2. The summed E-state index contributed by atoms with van der Waals surface area (Å²) in [6.07, 6.45) is 6.11. The molecule has 2 N–H and O–H groups in total. The molecule has 0 amide bonds. The molecule has 1 atom stereocenters. The largest absolute Gasteiger partial charge is 0.493 e. The Bertz CT molecular complexity index is 1560. The Kier molecular flexibility index (Phi) is 4.64. The van der Waals surface area contributed by atoms with E-state index in [2.05, 4.69) is 66.9 Å². The number of aromatic amines is 1. The number of aromatic hydroxyl groups is 1. The second kappa shape index (κ2) is 7.46. The van der Waals surface area contributed by atoms with Crippen molar-refractivity contribution in [2.45, 2.75) is 32.4 Å². The third-order valence-corrected chi connectivity index (χ3v) is 7.38. The number of aromatic nitrogens is 5. The summed E-state index contributed by atoms with van der Waals surface area (Å²) >= 11 is 9.52. The zero-order valence-corrected chi connectivity index (χ0v) is 20.6. The normalized spacial score (nSPS) is 15.2. The quantitative estimate of drug-likeness (QED) is 0.270. The molecular formula is C25H22BrN5OS. The summed E-state index contributed by atoms with van der Waals surface area (Å²) in [5, 5.41) is 12.4. The number of nitrogens with zero attached hydrogens (tertiary/aromatic N) is 4. The van der Waals surface area contributed by atoms with Crippen LogP contribution in [0.3, 0.4) is 0 Å². The Balaban J connectivity index is 1.61. The maximum atomic E-state index is 11.2. The SMILES string of the molecule is CC(C)n1c(O)c2n(c1=S)C(c1ccc(-n3ccnc3)cc1)c1[nH]c3ccc(Br)cc3c1C2. The fraction of sp³-hybridized carbons (Fsp3) is 0.200. The van der Waals surface area contributed by atoms with E-state index in [4.69, 9.17) is 12.2 Å². The molecule has 1 aliphatic rings. The van der Waals surface area contributed by atoms with Gasteiger partial charge in [0.2, 0.25) is 5.88 Å². The lowest BCUT2D eigenvalue weighted by molar-refractivity contribution is 0.394. The van der Waals surface area contributed by atoms with Crippen molar-refractivity contribution in [2.75, 3.05) is 0 Å². The van der Waals surface area contributed by atoms with Gasteiger partial charge in [-0.05, 0) is 67.5 Å². The standard InChI is InChI=1S/C25H22BrN5OS/c1-14(2)30-24(32)21-12-19-18-11-16(26)5-8-20(18)28-22(19)23(31(21)25(30)33)15-3-6-17(7-4-15)29-10-9-27-13-29/h3-11,13-14,23,28,32H,12H2,1-2H3. The molecule has 33 heavy (non-hydrogen) atoms. The van der Waals surface area contributed by atoms with Crippen LogP contribution < -0.4 is 0 Å². The predicted octanol–water partition coefficient (Wildman–Crippen LogP) is 6.28. The number of halogens is 1. The molecule has 0 radical (unpaired) electrons. The lowest BCUT2D eigenvalue weighted by atomic mass is 9.93. The first kappa shape index (κ1) is 20.5. The Morgan fingerprint density at radius 2 is 1.97 bits per heavy atom. The van der Waals surface area contributed by atoms with Gasteiger partial charge in [0, 0.05) is 51.6 Å². The molecule has 2 aromatic carbocycles. The van der Waals surface area contributed by atoms with Crippen LogP contribution in [-0.4, -0.2) is 28.8 Å². The van der Waals surface area contributed by atoms with E-state index in [0.717, 1.165) is 38.0 Å². The van der Waals surface area contributed by atoms with Gasteiger partial charge in [0.25, 0.3) is 0 Å². The summed E-state index contributed by atoms with van der Waals surface area (Å²) in [6.45, 7) is 4.09. The highest BCUT2D eigenvalue weighted by Gasteiger charge is 2.34. The van der Waals surface area contributed by atoms with Crippen LogP contribution in [-0.2, 0) is 6.42 Å². The van der Waals surface area contributed by atoms with Crippen molar-refractivity contribution in [3.8, 4) is 11.6 Å². The summed E-state index contributed by atoms with van der Waals surface area (Å²) in [5.41, 5.74) is 6.38. The lowest BCUT2D eigenvalue weighted by Crippen LogP contribution is -2.22. The minimum absolute atomic E-state index is 0.0593. The highest BCUT2D eigenvalue weighted by atomic mass is 79.9. The predicted molar refractivity (Wildman–Crippen MR) is 135 cm³/mol. The zero-order chi connectivity index (χ0) is 22.9. The number of H-pyrrole nitrogens is 1. The maximum Gasteiger partial charge on any atom is 0.214 e. The van der Waals surface area contributed by atoms with Crippen molar-refractivity contribution in [3.05, 3.63) is 92.9 Å². The second-order valence-corrected chi connectivity index (χ2v) is 10.0. The highest BCUT2D eigenvalue weighted by molar-refractivity contribution is 9.10. The number of nitrogens with one attached hydrogen (secondary N) is 1. The van der Waals surface area contributed by atoms with Crippen LogP contribution in [0.15, 0.2) is 65.7 Å². The van der Waals surface area contributed by atoms with E-state index < -0.39 is 0 Å². The average Bonchev–Trinajstić information content (AvgIpc) is 3.51. The fourth-order valence-corrected chi connectivity index (χ4v) is 5.86. The van der Waals surface area contributed by atoms with Gasteiger partial charge >= 0.3 is 0 Å². The molecule has 1 unspecified atom stereocenters. The van der Waals surface area contributed by atoms with Gasteiger partial charge in [-0.3, -0.25) is 4.57 Å². The Morgan fingerprint density at radius 1 is 1.18 bits per heavy atom. The van der Waals surface area contributed by atoms with Gasteiger partial charge in [0.15, 0.2) is 4.77 Å². The molecule has 8 heteroatoms. The Hall–Kier alpha value is -3.10. The van der Waals surface area contributed by atoms with E-state index >= 15 is 0 Å². The van der Waals surface area contributed by atoms with E-state index in [1.54, 1.807) is 12.5 Å². The summed E-state index contributed by atoms with van der Waals surface area (Å²) in [6, 6.07) is 14.6. The molecule has 6 rings (SSSR count). The molecule has 1 aliphatic heterocycles. The van der Waals surface area contributed by atoms with Crippen LogP contribution in [0, 0.1) is 4.77 Å². The lowest BCUT2D eigenvalue weighted by Gasteiger charge is -2.27. The zero-order valence-electron chi connectivity index (χ0n) is 18.2. The van der Waals surface area contributed by atoms with Gasteiger partial charge in [-0.25, -0.2) is 4.98 Å². The minimum atomic E-state index is -0.162. The first-order chi connectivity index (χ1) is 15.9. The Labute approximate surface area is 204 Å². The molecule has 0 fully saturated rings. The molecule has 0 saturated carbocycles. The summed E-state index contributed by atoms with van der Waals surface area (Å²) in [4.78, 5) is 7.81. The number of hydrogen-bond donors (Lipinski definition) is 2. The van der Waals surface area contributed by atoms with Gasteiger partial charge in [-0.1, -0.05) is 28.1 Å². The van der Waals surface area contributed by atoms with E-state index in [0.29, 0.717) is 11.2 Å². The van der Waals surface area contributed by atoms with Crippen molar-refractivity contribution in [1.82, 2.24) is 23.7 Å². The van der Waals surface area contributed by atoms with E-state index in [-0.39, 0.29) is 18.0 Å². The van der Waals surface area contributed by atoms with Crippen LogP contribution in [0.1, 0.15) is 48.4 Å². The first-order valence-electron chi connectivity index (χ1n) is 10.9. The molecule has 0 bridgehead atoms. The molecule has 6 nitrogen and oxygen atoms in total. The summed E-state index contributed by atoms with van der Waals surface area (Å²) in [5.74, 6) is 0.255. The Morgan fingerprint density at radius 3 is 2.67 bits per heavy atom. The molecular weight excluding hydrogens is 498 g/mol. The smallest absolute Gasteiger partial charge is 0.214 e. The van der Waals surface area contributed by atoms with Crippen molar-refractivity contribution in [1.29, 1.82) is 0 Å². The molecule has 0 saturated heterocycles. The van der Waals surface area contributed by atoms with E-state index in [9.17, 15) is 5.11 Å². The molecule has 0 spiro atoms. The van der Waals surface area contributed by atoms with Gasteiger partial charge in [-0.2, -0.15) is 0 Å². The summed E-state index contributed by atoms with van der Waals surface area (Å²) in [7, 11) is 0. The van der Waals surface area contributed by atoms with Gasteiger partial charge in [0.05, 0.1) is 12.0 Å². The van der Waals surface area contributed by atoms with Crippen molar-refractivity contribution in [2.24, 2.45) is 0 Å². The molecule has 0 aliphatic carbocycles. The molecule has 166 valence electrons. The monoisotopic (exact) mass is 519 g/mol. The van der Waals surface area contributed by atoms with Crippen LogP contribution in [0.5, 0.6) is 5.88 Å². The van der Waals surface area contributed by atoms with Crippen molar-refractivity contribution < 1.29 is 5.11 Å². The van der Waals surface area contributed by atoms with Crippen LogP contribution in [0.2, 0.25) is 0 Å². The molecule has 4 heterocycles. The maximum absolute atomic E-state index is 11.2. The third-order valence-electron chi connectivity index (χ3n) is 6.49. The van der Waals surface area contributed by atoms with Crippen LogP contribution in [0.4, 0.5) is 0 Å². The second-order valence-electron chi connectivity index (χ2n) is 8.73.